The first-order chi connectivity index (χ1) is 18.3. The topological polar surface area (TPSA) is 153 Å². The lowest BCUT2D eigenvalue weighted by atomic mass is 9.84. The maximum Gasteiger partial charge on any atom is 0.305 e. The Balaban J connectivity index is 1.31. The Bertz CT molecular complexity index is 1390. The Labute approximate surface area is 224 Å². The summed E-state index contributed by atoms with van der Waals surface area (Å²) in [5, 5.41) is 19.9. The second-order valence-electron chi connectivity index (χ2n) is 9.69. The molecule has 1 aromatic carbocycles. The van der Waals surface area contributed by atoms with Gasteiger partial charge < -0.3 is 15.2 Å². The molecule has 3 aromatic rings. The number of thiazole rings is 1. The van der Waals surface area contributed by atoms with Crippen LogP contribution in [0.5, 0.6) is 0 Å². The van der Waals surface area contributed by atoms with Crippen molar-refractivity contribution >= 4 is 38.2 Å². The maximum absolute atomic E-state index is 13.5. The lowest BCUT2D eigenvalue weighted by Crippen LogP contribution is -2.26. The highest BCUT2D eigenvalue weighted by Gasteiger charge is 2.37. The van der Waals surface area contributed by atoms with Gasteiger partial charge in [-0.25, -0.2) is 13.4 Å². The number of nitrogens with one attached hydrogen (secondary N) is 1. The van der Waals surface area contributed by atoms with Crippen LogP contribution in [0, 0.1) is 5.92 Å². The number of rotatable bonds is 11. The van der Waals surface area contributed by atoms with Crippen LogP contribution in [0.1, 0.15) is 50.0 Å². The molecule has 2 aromatic heterocycles. The summed E-state index contributed by atoms with van der Waals surface area (Å²) in [6.45, 7) is 1.54. The molecule has 0 spiro atoms. The van der Waals surface area contributed by atoms with Crippen LogP contribution in [-0.4, -0.2) is 63.8 Å². The van der Waals surface area contributed by atoms with E-state index >= 15 is 0 Å². The number of amides is 1. The highest BCUT2D eigenvalue weighted by atomic mass is 32.2. The van der Waals surface area contributed by atoms with Crippen LogP contribution >= 0.6 is 11.3 Å². The number of aliphatic carboxylic acids is 1. The van der Waals surface area contributed by atoms with E-state index in [1.54, 1.807) is 36.7 Å². The van der Waals surface area contributed by atoms with Gasteiger partial charge in [0.1, 0.15) is 5.69 Å². The van der Waals surface area contributed by atoms with Crippen LogP contribution in [0.2, 0.25) is 0 Å². The highest BCUT2D eigenvalue weighted by molar-refractivity contribution is 7.92. The molecule has 2 fully saturated rings. The van der Waals surface area contributed by atoms with Gasteiger partial charge in [-0.2, -0.15) is 0 Å². The molecule has 5 rings (SSSR count). The minimum Gasteiger partial charge on any atom is -0.481 e. The molecule has 1 unspecified atom stereocenters. The van der Waals surface area contributed by atoms with Crippen LogP contribution in [0.3, 0.4) is 0 Å². The number of anilines is 1. The Morgan fingerprint density at radius 1 is 1.16 bits per heavy atom. The van der Waals surface area contributed by atoms with E-state index in [1.807, 2.05) is 0 Å². The van der Waals surface area contributed by atoms with E-state index in [1.165, 1.54) is 16.0 Å². The molecule has 1 aliphatic heterocycles. The average molecular weight is 560 g/mol. The van der Waals surface area contributed by atoms with Gasteiger partial charge >= 0.3 is 5.97 Å². The molecule has 3 heterocycles. The third-order valence-corrected chi connectivity index (χ3v) is 10.1. The second kappa shape index (κ2) is 11.3. The molecule has 1 amide bonds. The van der Waals surface area contributed by atoms with Crippen LogP contribution in [0.25, 0.3) is 10.6 Å². The minimum absolute atomic E-state index is 0.0607. The number of nitrogens with zero attached hydrogens (tertiary/aromatic N) is 4. The molecule has 2 N–H and O–H groups in total. The van der Waals surface area contributed by atoms with Gasteiger partial charge in [-0.1, -0.05) is 28.7 Å². The number of carboxylic acids is 1. The fraction of sp³-hybridized carbons (Fsp3) is 0.480. The van der Waals surface area contributed by atoms with Crippen LogP contribution < -0.4 is 5.32 Å². The summed E-state index contributed by atoms with van der Waals surface area (Å²) < 4.78 is 32.2. The van der Waals surface area contributed by atoms with Gasteiger partial charge in [-0.05, 0) is 55.7 Å². The number of carbonyl (C=O) groups excluding carboxylic acids is 1. The van der Waals surface area contributed by atoms with Crippen molar-refractivity contribution in [3.8, 4) is 10.6 Å². The fourth-order valence-electron chi connectivity index (χ4n) is 4.54. The number of ether oxygens (including phenoxy) is 1. The van der Waals surface area contributed by atoms with Gasteiger partial charge in [0.25, 0.3) is 0 Å². The number of aryl methyl sites for hydroxylation is 1. The second-order valence-corrected chi connectivity index (χ2v) is 12.9. The molecule has 1 saturated carbocycles. The number of carboxylic acid groups (broad SMARTS) is 1. The number of hydrogen-bond acceptors (Lipinski definition) is 9. The predicted octanol–water partition coefficient (Wildman–Crippen LogP) is 3.35. The van der Waals surface area contributed by atoms with Gasteiger partial charge in [0, 0.05) is 19.4 Å². The molecule has 0 radical (unpaired) electrons. The van der Waals surface area contributed by atoms with E-state index < -0.39 is 21.7 Å². The zero-order chi connectivity index (χ0) is 26.7. The monoisotopic (exact) mass is 559 g/mol. The van der Waals surface area contributed by atoms with Crippen molar-refractivity contribution in [3.05, 3.63) is 42.2 Å². The van der Waals surface area contributed by atoms with Crippen molar-refractivity contribution in [2.75, 3.05) is 18.5 Å². The Morgan fingerprint density at radius 2 is 1.89 bits per heavy atom. The number of carbonyl (C=O) groups is 2. The standard InChI is InChI=1S/C25H29N5O6S2/c31-23(32)7-10-30-15-21(28-29-30)22-14-26-25(37-22)27-24(33)20(13-16-8-11-36-12-9-16)17-1-3-18(4-2-17)38(34,35)19-5-6-19/h1-4,14-16,19-20H,5-13H2,(H,31,32)(H,26,27,33). The van der Waals surface area contributed by atoms with E-state index in [0.717, 1.165) is 18.4 Å². The van der Waals surface area contributed by atoms with Crippen LogP contribution in [0.4, 0.5) is 5.13 Å². The molecule has 1 saturated heterocycles. The van der Waals surface area contributed by atoms with E-state index in [4.69, 9.17) is 9.84 Å². The lowest BCUT2D eigenvalue weighted by molar-refractivity contribution is -0.137. The van der Waals surface area contributed by atoms with Gasteiger partial charge in [0.2, 0.25) is 5.91 Å². The van der Waals surface area contributed by atoms with Crippen molar-refractivity contribution < 1.29 is 27.9 Å². The number of aromatic nitrogens is 4. The summed E-state index contributed by atoms with van der Waals surface area (Å²) in [7, 11) is -3.30. The molecule has 11 nitrogen and oxygen atoms in total. The molecule has 2 aliphatic rings. The average Bonchev–Trinajstić information content (AvgIpc) is 3.51. The van der Waals surface area contributed by atoms with Gasteiger partial charge in [0.05, 0.1) is 40.1 Å². The fourth-order valence-corrected chi connectivity index (χ4v) is 6.97. The van der Waals surface area contributed by atoms with E-state index in [0.29, 0.717) is 59.0 Å². The molecule has 1 atom stereocenters. The number of hydrogen-bond donors (Lipinski definition) is 2. The zero-order valence-corrected chi connectivity index (χ0v) is 22.3. The zero-order valence-electron chi connectivity index (χ0n) is 20.7. The summed E-state index contributed by atoms with van der Waals surface area (Å²) in [6, 6.07) is 6.73. The minimum atomic E-state index is -3.30. The first-order valence-corrected chi connectivity index (χ1v) is 15.0. The largest absolute Gasteiger partial charge is 0.481 e. The molecule has 0 bridgehead atoms. The van der Waals surface area contributed by atoms with Gasteiger partial charge in [-0.3, -0.25) is 14.3 Å². The summed E-state index contributed by atoms with van der Waals surface area (Å²) in [5.74, 6) is -1.28. The normalized spacial score (nSPS) is 17.3. The van der Waals surface area contributed by atoms with Crippen molar-refractivity contribution in [1.82, 2.24) is 20.0 Å². The van der Waals surface area contributed by atoms with Crippen LogP contribution in [-0.2, 0) is 30.7 Å². The quantitative estimate of drug-likeness (QED) is 0.360. The molecule has 38 heavy (non-hydrogen) atoms. The molecule has 202 valence electrons. The smallest absolute Gasteiger partial charge is 0.305 e. The van der Waals surface area contributed by atoms with Gasteiger partial charge in [-0.15, -0.1) is 5.10 Å². The third-order valence-electron chi connectivity index (χ3n) is 6.88. The summed E-state index contributed by atoms with van der Waals surface area (Å²) in [5.41, 5.74) is 1.31. The van der Waals surface area contributed by atoms with Crippen molar-refractivity contribution in [3.63, 3.8) is 0 Å². The predicted molar refractivity (Wildman–Crippen MR) is 140 cm³/mol. The van der Waals surface area contributed by atoms with Gasteiger partial charge in [0.15, 0.2) is 15.0 Å². The number of benzene rings is 1. The Hall–Kier alpha value is -3.16. The number of sulfone groups is 1. The van der Waals surface area contributed by atoms with E-state index in [9.17, 15) is 18.0 Å². The summed E-state index contributed by atoms with van der Waals surface area (Å²) in [4.78, 5) is 29.6. The first kappa shape index (κ1) is 26.4. The summed E-state index contributed by atoms with van der Waals surface area (Å²) in [6.07, 6.45) is 6.95. The van der Waals surface area contributed by atoms with Crippen molar-refractivity contribution in [2.45, 2.75) is 61.1 Å². The van der Waals surface area contributed by atoms with E-state index in [-0.39, 0.29) is 24.1 Å². The molecular weight excluding hydrogens is 530 g/mol. The van der Waals surface area contributed by atoms with Crippen molar-refractivity contribution in [2.24, 2.45) is 5.92 Å². The lowest BCUT2D eigenvalue weighted by Gasteiger charge is -2.26. The maximum atomic E-state index is 13.5. The Kier molecular flexibility index (Phi) is 7.86. The van der Waals surface area contributed by atoms with E-state index in [2.05, 4.69) is 20.6 Å². The highest BCUT2D eigenvalue weighted by Crippen LogP contribution is 2.36. The molecule has 1 aliphatic carbocycles. The van der Waals surface area contributed by atoms with Crippen molar-refractivity contribution in [1.29, 1.82) is 0 Å². The molecule has 13 heteroatoms. The SMILES string of the molecule is O=C(O)CCn1cc(-c2cnc(NC(=O)C(CC3CCOCC3)c3ccc(S(=O)(=O)C4CC4)cc3)s2)nn1. The third kappa shape index (κ3) is 6.27. The summed E-state index contributed by atoms with van der Waals surface area (Å²) >= 11 is 1.25. The molecular formula is C25H29N5O6S2. The first-order valence-electron chi connectivity index (χ1n) is 12.6. The Morgan fingerprint density at radius 3 is 2.58 bits per heavy atom. The van der Waals surface area contributed by atoms with Crippen LogP contribution in [0.15, 0.2) is 41.6 Å².